The molecule has 0 saturated carbocycles. The summed E-state index contributed by atoms with van der Waals surface area (Å²) in [5.41, 5.74) is 0. The van der Waals surface area contributed by atoms with Crippen LogP contribution in [0.15, 0.2) is 47.5 Å². The van der Waals surface area contributed by atoms with Crippen molar-refractivity contribution >= 4 is 42.9 Å². The van der Waals surface area contributed by atoms with Gasteiger partial charge in [0.2, 0.25) is 0 Å². The van der Waals surface area contributed by atoms with Gasteiger partial charge in [0.05, 0.1) is 31.6 Å². The van der Waals surface area contributed by atoms with E-state index in [0.29, 0.717) is 0 Å². The summed E-state index contributed by atoms with van der Waals surface area (Å²) in [5.74, 6) is 0. The molecule has 0 saturated heterocycles. The first-order valence-corrected chi connectivity index (χ1v) is 9.75. The molecule has 25 heavy (non-hydrogen) atoms. The van der Waals surface area contributed by atoms with Crippen molar-refractivity contribution < 1.29 is 26.8 Å². The summed E-state index contributed by atoms with van der Waals surface area (Å²) in [6, 6.07) is 0. The number of halogens is 1. The van der Waals surface area contributed by atoms with Gasteiger partial charge in [-0.15, -0.1) is 0 Å². The van der Waals surface area contributed by atoms with E-state index in [1.165, 1.54) is 10.3 Å². The van der Waals surface area contributed by atoms with Crippen LogP contribution in [0.25, 0.3) is 0 Å². The Morgan fingerprint density at radius 3 is 1.88 bits per heavy atom. The molecule has 0 amide bonds. The molecule has 0 aliphatic carbocycles. The van der Waals surface area contributed by atoms with Crippen LogP contribution >= 0.6 is 35.7 Å². The van der Waals surface area contributed by atoms with Crippen molar-refractivity contribution in [2.75, 3.05) is 5.08 Å². The smallest absolute Gasteiger partial charge is 0.478 e. The molecule has 0 atom stereocenters. The van der Waals surface area contributed by atoms with Gasteiger partial charge in [-0.25, -0.2) is 9.13 Å². The number of aromatic nitrogens is 6. The van der Waals surface area contributed by atoms with Gasteiger partial charge in [0.1, 0.15) is 17.2 Å². The lowest BCUT2D eigenvalue weighted by Gasteiger charge is -2.24. The first kappa shape index (κ1) is 20.2. The normalized spacial score (nSPS) is 13.9. The maximum absolute atomic E-state index is 5.65. The molecule has 1 aliphatic rings. The molecule has 0 fully saturated rings. The van der Waals surface area contributed by atoms with Crippen molar-refractivity contribution in [1.82, 2.24) is 18.2 Å². The van der Waals surface area contributed by atoms with Gasteiger partial charge in [-0.3, -0.25) is 0 Å². The maximum Gasteiger partial charge on any atom is 0.478 e. The lowest BCUT2D eigenvalue weighted by Crippen LogP contribution is -3.00. The highest BCUT2D eigenvalue weighted by Gasteiger charge is 2.33. The summed E-state index contributed by atoms with van der Waals surface area (Å²) >= 11 is 9.39. The quantitative estimate of drug-likeness (QED) is 0.309. The van der Waals surface area contributed by atoms with Crippen molar-refractivity contribution in [3.63, 3.8) is 0 Å². The van der Waals surface area contributed by atoms with Crippen LogP contribution in [0.3, 0.4) is 0 Å². The molecule has 0 radical (unpaired) electrons. The molecule has 4 rings (SSSR count). The minimum atomic E-state index is -1.09. The minimum absolute atomic E-state index is 0. The van der Waals surface area contributed by atoms with Crippen LogP contribution in [0.2, 0.25) is 0 Å². The van der Waals surface area contributed by atoms with Gasteiger partial charge in [0.25, 0.3) is 10.3 Å². The Labute approximate surface area is 166 Å². The number of rotatable bonds is 1. The Morgan fingerprint density at radius 2 is 1.44 bits per heavy atom. The Morgan fingerprint density at radius 1 is 0.920 bits per heavy atom. The van der Waals surface area contributed by atoms with Crippen molar-refractivity contribution in [2.45, 2.75) is 10.3 Å². The first-order chi connectivity index (χ1) is 11.1. The molecule has 1 aliphatic heterocycles. The van der Waals surface area contributed by atoms with E-state index in [0.717, 1.165) is 9.86 Å². The number of nitrogens with zero attached hydrogens (tertiary/aromatic N) is 6. The van der Waals surface area contributed by atoms with Crippen LogP contribution in [-0.2, 0) is 21.1 Å². The van der Waals surface area contributed by atoms with E-state index < -0.39 is 7.12 Å². The number of hydrogen-bond donors (Lipinski definition) is 0. The predicted octanol–water partition coefficient (Wildman–Crippen LogP) is -3.20. The summed E-state index contributed by atoms with van der Waals surface area (Å²) in [7, 11) is 5.11. The van der Waals surface area contributed by atoms with Gasteiger partial charge in [0, 0.05) is 13.2 Å². The zero-order chi connectivity index (χ0) is 16.1. The first-order valence-electron chi connectivity index (χ1n) is 7.37. The number of fused-ring (bicyclic) bond motifs is 2. The lowest BCUT2D eigenvalue weighted by molar-refractivity contribution is -0.716. The Kier molecular flexibility index (Phi) is 6.15. The standard InChI is InChI=1S/C13H18BN6S3.ClH.H2O/c1-15-4-7-18(11(15)21)14-19-8-5-16(2)12(19)22-10-23-13-17(3)6-9-20(13)14;;/h4-9,14H,10H2,1-3H3;1H;1H2/q+1;;/p-1. The fourth-order valence-electron chi connectivity index (χ4n) is 3.17. The third kappa shape index (κ3) is 3.19. The highest BCUT2D eigenvalue weighted by Crippen LogP contribution is 2.25. The van der Waals surface area contributed by atoms with Crippen LogP contribution in [0.5, 0.6) is 0 Å². The van der Waals surface area contributed by atoms with Gasteiger partial charge in [-0.05, 0) is 41.9 Å². The van der Waals surface area contributed by atoms with Gasteiger partial charge in [-0.2, -0.15) is 0 Å². The number of thioether (sulfide) groups is 2. The predicted molar refractivity (Wildman–Crippen MR) is 99.0 cm³/mol. The average Bonchev–Trinajstić information content (AvgIpc) is 3.14. The van der Waals surface area contributed by atoms with E-state index in [1.807, 2.05) is 41.3 Å². The Hall–Kier alpha value is -1.14. The average molecular weight is 419 g/mol. The van der Waals surface area contributed by atoms with E-state index in [-0.39, 0.29) is 17.9 Å². The van der Waals surface area contributed by atoms with Crippen molar-refractivity contribution in [3.8, 4) is 0 Å². The third-order valence-corrected chi connectivity index (χ3v) is 7.37. The van der Waals surface area contributed by atoms with E-state index in [2.05, 4.69) is 67.6 Å². The third-order valence-electron chi connectivity index (χ3n) is 4.34. The van der Waals surface area contributed by atoms with Gasteiger partial charge in [0.15, 0.2) is 0 Å². The lowest BCUT2D eigenvalue weighted by atomic mass is 9.92. The topological polar surface area (TPSA) is 59.0 Å². The summed E-state index contributed by atoms with van der Waals surface area (Å²) in [6.07, 6.45) is 12.7. The van der Waals surface area contributed by atoms with Crippen LogP contribution in [0.4, 0.5) is 0 Å². The summed E-state index contributed by atoms with van der Waals surface area (Å²) in [4.78, 5) is 0. The van der Waals surface area contributed by atoms with Crippen molar-refractivity contribution in [3.05, 3.63) is 42.0 Å². The number of imidazole rings is 3. The molecule has 3 aromatic heterocycles. The summed E-state index contributed by atoms with van der Waals surface area (Å²) in [6.45, 7) is 0. The fraction of sp³-hybridized carbons (Fsp3) is 0.308. The van der Waals surface area contributed by atoms with Gasteiger partial charge in [-0.1, -0.05) is 0 Å². The summed E-state index contributed by atoms with van der Waals surface area (Å²) in [5, 5.41) is 3.50. The SMILES string of the molecule is Cn1cc[n+]2c1SCSc1n(C)cc[n+]1[BH-]2n1ccn(C)c1=S.O.[Cl-]. The molecule has 136 valence electrons. The van der Waals surface area contributed by atoms with Gasteiger partial charge < -0.3 is 35.9 Å². The Balaban J connectivity index is 0.00000113. The van der Waals surface area contributed by atoms with Crippen LogP contribution in [0, 0.1) is 4.77 Å². The Bertz CT molecular complexity index is 900. The van der Waals surface area contributed by atoms with Crippen LogP contribution < -0.4 is 21.4 Å². The highest BCUT2D eigenvalue weighted by atomic mass is 35.5. The number of hydrogen-bond acceptors (Lipinski definition) is 3. The molecular weight excluding hydrogens is 399 g/mol. The van der Waals surface area contributed by atoms with Crippen LogP contribution in [0.1, 0.15) is 0 Å². The zero-order valence-electron chi connectivity index (χ0n) is 14.2. The second kappa shape index (κ2) is 7.62. The monoisotopic (exact) mass is 418 g/mol. The molecule has 12 heteroatoms. The second-order valence-corrected chi connectivity index (χ2v) is 8.43. The maximum atomic E-state index is 5.65. The van der Waals surface area contributed by atoms with Crippen molar-refractivity contribution in [2.24, 2.45) is 21.1 Å². The minimum Gasteiger partial charge on any atom is -1.00 e. The van der Waals surface area contributed by atoms with Gasteiger partial charge >= 0.3 is 7.12 Å². The van der Waals surface area contributed by atoms with E-state index in [4.69, 9.17) is 12.2 Å². The molecule has 0 unspecified atom stereocenters. The largest absolute Gasteiger partial charge is 1.00 e. The molecule has 7 nitrogen and oxygen atoms in total. The van der Waals surface area contributed by atoms with Crippen LogP contribution in [-0.4, -0.2) is 35.9 Å². The highest BCUT2D eigenvalue weighted by molar-refractivity contribution is 8.15. The molecule has 0 spiro atoms. The summed E-state index contributed by atoms with van der Waals surface area (Å²) < 4.78 is 14.2. The fourth-order valence-corrected chi connectivity index (χ4v) is 5.70. The van der Waals surface area contributed by atoms with E-state index >= 15 is 0 Å². The molecule has 4 heterocycles. The molecular formula is C13H20BClN6OS3. The molecule has 2 N–H and O–H groups in total. The zero-order valence-corrected chi connectivity index (χ0v) is 17.4. The van der Waals surface area contributed by atoms with E-state index in [9.17, 15) is 0 Å². The van der Waals surface area contributed by atoms with E-state index in [1.54, 1.807) is 0 Å². The molecule has 0 aromatic carbocycles. The van der Waals surface area contributed by atoms with Crippen molar-refractivity contribution in [1.29, 1.82) is 0 Å². The second-order valence-electron chi connectivity index (χ2n) is 5.82. The number of aryl methyl sites for hydroxylation is 3. The molecule has 3 aromatic rings. The molecule has 0 bridgehead atoms.